The fourth-order valence-corrected chi connectivity index (χ4v) is 2.53. The van der Waals surface area contributed by atoms with E-state index in [0.717, 1.165) is 23.1 Å². The summed E-state index contributed by atoms with van der Waals surface area (Å²) in [6, 6.07) is 5.80. The van der Waals surface area contributed by atoms with Crippen molar-refractivity contribution in [2.45, 2.75) is 19.4 Å². The summed E-state index contributed by atoms with van der Waals surface area (Å²) in [6.45, 7) is 2.08. The molecule has 96 valence electrons. The number of fused-ring (bicyclic) bond motifs is 1. The highest BCUT2D eigenvalue weighted by atomic mass is 32.2. The number of nitrogens with zero attached hydrogens (tertiary/aromatic N) is 1. The predicted octanol–water partition coefficient (Wildman–Crippen LogP) is 2.43. The van der Waals surface area contributed by atoms with E-state index in [9.17, 15) is 4.79 Å². The highest BCUT2D eigenvalue weighted by molar-refractivity contribution is 7.98. The number of benzene rings is 1. The first-order valence-electron chi connectivity index (χ1n) is 5.97. The molecule has 1 atom stereocenters. The molecule has 1 aromatic heterocycles. The lowest BCUT2D eigenvalue weighted by molar-refractivity contribution is 0.0940. The number of amides is 1. The number of hydrogen-bond acceptors (Lipinski definition) is 3. The smallest absolute Gasteiger partial charge is 0.251 e. The van der Waals surface area contributed by atoms with E-state index in [2.05, 4.69) is 22.4 Å². The number of hydrogen-bond donors (Lipinski definition) is 2. The van der Waals surface area contributed by atoms with Crippen LogP contribution in [0.4, 0.5) is 0 Å². The molecule has 18 heavy (non-hydrogen) atoms. The monoisotopic (exact) mass is 263 g/mol. The lowest BCUT2D eigenvalue weighted by Gasteiger charge is -2.15. The molecule has 4 nitrogen and oxygen atoms in total. The van der Waals surface area contributed by atoms with E-state index in [4.69, 9.17) is 0 Å². The van der Waals surface area contributed by atoms with Crippen molar-refractivity contribution in [2.75, 3.05) is 12.0 Å². The van der Waals surface area contributed by atoms with E-state index in [0.29, 0.717) is 5.56 Å². The van der Waals surface area contributed by atoms with Gasteiger partial charge in [0.25, 0.3) is 5.91 Å². The number of aromatic amines is 1. The van der Waals surface area contributed by atoms with Gasteiger partial charge >= 0.3 is 0 Å². The van der Waals surface area contributed by atoms with Crippen molar-refractivity contribution in [1.29, 1.82) is 0 Å². The maximum atomic E-state index is 12.1. The second-order valence-corrected chi connectivity index (χ2v) is 5.12. The molecule has 1 heterocycles. The molecular formula is C13H17N3OS. The van der Waals surface area contributed by atoms with Crippen LogP contribution in [0.25, 0.3) is 10.9 Å². The molecule has 0 spiro atoms. The van der Waals surface area contributed by atoms with Gasteiger partial charge < -0.3 is 5.32 Å². The SMILES string of the molecule is CCC(CSC)NC(=O)c1ccc2cn[nH]c2c1. The molecule has 0 aliphatic rings. The molecule has 5 heteroatoms. The number of rotatable bonds is 5. The van der Waals surface area contributed by atoms with Crippen molar-refractivity contribution < 1.29 is 4.79 Å². The van der Waals surface area contributed by atoms with Gasteiger partial charge in [-0.05, 0) is 24.8 Å². The third-order valence-electron chi connectivity index (χ3n) is 2.90. The van der Waals surface area contributed by atoms with Gasteiger partial charge in [0, 0.05) is 22.7 Å². The fraction of sp³-hybridized carbons (Fsp3) is 0.385. The lowest BCUT2D eigenvalue weighted by Crippen LogP contribution is -2.36. The second kappa shape index (κ2) is 5.91. The van der Waals surface area contributed by atoms with E-state index in [-0.39, 0.29) is 11.9 Å². The molecule has 0 fully saturated rings. The van der Waals surface area contributed by atoms with Crippen LogP contribution in [0.5, 0.6) is 0 Å². The minimum atomic E-state index is -0.0209. The Morgan fingerprint density at radius 1 is 1.56 bits per heavy atom. The van der Waals surface area contributed by atoms with Crippen molar-refractivity contribution >= 4 is 28.6 Å². The van der Waals surface area contributed by atoms with Crippen LogP contribution in [0.3, 0.4) is 0 Å². The van der Waals surface area contributed by atoms with Crippen molar-refractivity contribution in [1.82, 2.24) is 15.5 Å². The van der Waals surface area contributed by atoms with E-state index in [1.165, 1.54) is 0 Å². The number of thioether (sulfide) groups is 1. The molecule has 0 aliphatic carbocycles. The van der Waals surface area contributed by atoms with Crippen LogP contribution in [0.1, 0.15) is 23.7 Å². The summed E-state index contributed by atoms with van der Waals surface area (Å²) in [4.78, 5) is 12.1. The van der Waals surface area contributed by atoms with Crippen LogP contribution in [0.2, 0.25) is 0 Å². The minimum absolute atomic E-state index is 0.0209. The summed E-state index contributed by atoms with van der Waals surface area (Å²) >= 11 is 1.74. The van der Waals surface area contributed by atoms with Crippen molar-refractivity contribution in [3.8, 4) is 0 Å². The Bertz CT molecular complexity index is 538. The summed E-state index contributed by atoms with van der Waals surface area (Å²) in [5.41, 5.74) is 1.56. The van der Waals surface area contributed by atoms with Crippen molar-refractivity contribution in [2.24, 2.45) is 0 Å². The number of carbonyl (C=O) groups is 1. The van der Waals surface area contributed by atoms with E-state index >= 15 is 0 Å². The van der Waals surface area contributed by atoms with Gasteiger partial charge in [-0.2, -0.15) is 16.9 Å². The van der Waals surface area contributed by atoms with Gasteiger partial charge in [-0.25, -0.2) is 0 Å². The first-order chi connectivity index (χ1) is 8.74. The standard InChI is InChI=1S/C13H17N3OS/c1-3-11(8-18-2)15-13(17)9-4-5-10-7-14-16-12(10)6-9/h4-7,11H,3,8H2,1-2H3,(H,14,16)(H,15,17). The van der Waals surface area contributed by atoms with E-state index in [1.54, 1.807) is 18.0 Å². The first kappa shape index (κ1) is 13.0. The zero-order chi connectivity index (χ0) is 13.0. The summed E-state index contributed by atoms with van der Waals surface area (Å²) in [6.07, 6.45) is 4.74. The van der Waals surface area contributed by atoms with Gasteiger partial charge in [0.05, 0.1) is 11.7 Å². The quantitative estimate of drug-likeness (QED) is 0.871. The Morgan fingerprint density at radius 3 is 3.11 bits per heavy atom. The highest BCUT2D eigenvalue weighted by Crippen LogP contribution is 2.13. The highest BCUT2D eigenvalue weighted by Gasteiger charge is 2.12. The topological polar surface area (TPSA) is 57.8 Å². The van der Waals surface area contributed by atoms with Gasteiger partial charge in [0.2, 0.25) is 0 Å². The Labute approximate surface area is 111 Å². The summed E-state index contributed by atoms with van der Waals surface area (Å²) < 4.78 is 0. The average Bonchev–Trinajstić information content (AvgIpc) is 2.85. The van der Waals surface area contributed by atoms with E-state index < -0.39 is 0 Å². The first-order valence-corrected chi connectivity index (χ1v) is 7.37. The van der Waals surface area contributed by atoms with Gasteiger partial charge in [0.1, 0.15) is 0 Å². The molecule has 1 aromatic carbocycles. The Kier molecular flexibility index (Phi) is 4.25. The zero-order valence-electron chi connectivity index (χ0n) is 10.6. The van der Waals surface area contributed by atoms with Crippen LogP contribution < -0.4 is 5.32 Å². The van der Waals surface area contributed by atoms with Crippen LogP contribution in [-0.4, -0.2) is 34.2 Å². The van der Waals surface area contributed by atoms with E-state index in [1.807, 2.05) is 24.5 Å². The summed E-state index contributed by atoms with van der Waals surface area (Å²) in [5, 5.41) is 10.9. The summed E-state index contributed by atoms with van der Waals surface area (Å²) in [7, 11) is 0. The molecule has 2 N–H and O–H groups in total. The minimum Gasteiger partial charge on any atom is -0.348 e. The third-order valence-corrected chi connectivity index (χ3v) is 3.64. The molecule has 1 amide bonds. The Balaban J connectivity index is 2.12. The molecule has 0 saturated carbocycles. The van der Waals surface area contributed by atoms with Gasteiger partial charge in [-0.15, -0.1) is 0 Å². The number of aromatic nitrogens is 2. The van der Waals surface area contributed by atoms with Crippen LogP contribution in [0.15, 0.2) is 24.4 Å². The van der Waals surface area contributed by atoms with Crippen molar-refractivity contribution in [3.05, 3.63) is 30.0 Å². The molecule has 1 unspecified atom stereocenters. The molecule has 0 aliphatic heterocycles. The largest absolute Gasteiger partial charge is 0.348 e. The van der Waals surface area contributed by atoms with Crippen molar-refractivity contribution in [3.63, 3.8) is 0 Å². The predicted molar refractivity (Wildman–Crippen MR) is 76.0 cm³/mol. The molecular weight excluding hydrogens is 246 g/mol. The molecule has 2 rings (SSSR count). The second-order valence-electron chi connectivity index (χ2n) is 4.21. The molecule has 0 bridgehead atoms. The van der Waals surface area contributed by atoms with Crippen LogP contribution in [-0.2, 0) is 0 Å². The normalized spacial score (nSPS) is 12.6. The maximum Gasteiger partial charge on any atom is 0.251 e. The summed E-state index contributed by atoms with van der Waals surface area (Å²) in [5.74, 6) is 0.918. The number of carbonyl (C=O) groups excluding carboxylic acids is 1. The Hall–Kier alpha value is -1.49. The fourth-order valence-electron chi connectivity index (χ4n) is 1.81. The third kappa shape index (κ3) is 2.85. The average molecular weight is 263 g/mol. The number of H-pyrrole nitrogens is 1. The maximum absolute atomic E-state index is 12.1. The van der Waals surface area contributed by atoms with Crippen LogP contribution in [0, 0.1) is 0 Å². The van der Waals surface area contributed by atoms with Gasteiger partial charge in [-0.3, -0.25) is 9.89 Å². The zero-order valence-corrected chi connectivity index (χ0v) is 11.4. The Morgan fingerprint density at radius 2 is 2.39 bits per heavy atom. The number of nitrogens with one attached hydrogen (secondary N) is 2. The van der Waals surface area contributed by atoms with Crippen LogP contribution >= 0.6 is 11.8 Å². The molecule has 0 saturated heterocycles. The van der Waals surface area contributed by atoms with Gasteiger partial charge in [0.15, 0.2) is 0 Å². The molecule has 0 radical (unpaired) electrons. The lowest BCUT2D eigenvalue weighted by atomic mass is 10.1. The van der Waals surface area contributed by atoms with Gasteiger partial charge in [-0.1, -0.05) is 13.0 Å². The molecule has 2 aromatic rings.